The monoisotopic (exact) mass is 367 g/mol. The minimum atomic E-state index is -0.231. The van der Waals surface area contributed by atoms with Crippen LogP contribution in [0.1, 0.15) is 25.6 Å². The Kier molecular flexibility index (Phi) is 4.32. The number of aromatic nitrogens is 4. The van der Waals surface area contributed by atoms with Crippen molar-refractivity contribution < 1.29 is 0 Å². The molecule has 1 aliphatic rings. The molecule has 7 heteroatoms. The minimum absolute atomic E-state index is 0.231. The molecule has 1 fully saturated rings. The standard InChI is InChI=1S/C19H21N5OS/c1-12-8-10-23(11-9-12)19-21-16-15(17(25)22-19)18(26)24(13(2)20-16)14-6-4-3-5-7-14/h3-7,12H,8-11H2,1-2H3,(H,21,22,25). The van der Waals surface area contributed by atoms with Gasteiger partial charge in [0.15, 0.2) is 5.65 Å². The number of aryl methyl sites for hydroxylation is 1. The second-order valence-corrected chi connectivity index (χ2v) is 7.28. The van der Waals surface area contributed by atoms with Gasteiger partial charge in [0.25, 0.3) is 5.56 Å². The largest absolute Gasteiger partial charge is 0.342 e. The van der Waals surface area contributed by atoms with Gasteiger partial charge in [0.2, 0.25) is 5.95 Å². The van der Waals surface area contributed by atoms with Crippen LogP contribution in [-0.2, 0) is 0 Å². The van der Waals surface area contributed by atoms with Crippen LogP contribution in [0.2, 0.25) is 0 Å². The molecule has 26 heavy (non-hydrogen) atoms. The highest BCUT2D eigenvalue weighted by atomic mass is 32.1. The number of hydrogen-bond acceptors (Lipinski definition) is 5. The third-order valence-electron chi connectivity index (χ3n) is 4.99. The van der Waals surface area contributed by atoms with E-state index in [0.29, 0.717) is 33.4 Å². The zero-order valence-corrected chi connectivity index (χ0v) is 15.7. The number of H-pyrrole nitrogens is 1. The number of hydrogen-bond donors (Lipinski definition) is 1. The normalized spacial score (nSPS) is 15.5. The molecule has 0 bridgehead atoms. The first-order valence-electron chi connectivity index (χ1n) is 8.88. The summed E-state index contributed by atoms with van der Waals surface area (Å²) < 4.78 is 2.25. The van der Waals surface area contributed by atoms with Gasteiger partial charge in [0, 0.05) is 18.8 Å². The lowest BCUT2D eigenvalue weighted by molar-refractivity contribution is 0.434. The van der Waals surface area contributed by atoms with Crippen molar-refractivity contribution in [3.8, 4) is 5.69 Å². The maximum atomic E-state index is 12.8. The van der Waals surface area contributed by atoms with Crippen LogP contribution in [0.5, 0.6) is 0 Å². The molecule has 1 saturated heterocycles. The lowest BCUT2D eigenvalue weighted by Gasteiger charge is -2.30. The number of nitrogens with zero attached hydrogens (tertiary/aromatic N) is 4. The van der Waals surface area contributed by atoms with Crippen molar-refractivity contribution in [2.75, 3.05) is 18.0 Å². The van der Waals surface area contributed by atoms with Crippen molar-refractivity contribution in [1.29, 1.82) is 0 Å². The van der Waals surface area contributed by atoms with Gasteiger partial charge in [-0.05, 0) is 37.8 Å². The molecule has 1 N–H and O–H groups in total. The number of aromatic amines is 1. The zero-order valence-electron chi connectivity index (χ0n) is 14.9. The van der Waals surface area contributed by atoms with E-state index >= 15 is 0 Å². The molecule has 1 aromatic carbocycles. The van der Waals surface area contributed by atoms with Gasteiger partial charge in [0.1, 0.15) is 15.9 Å². The predicted molar refractivity (Wildman–Crippen MR) is 106 cm³/mol. The number of rotatable bonds is 2. The van der Waals surface area contributed by atoms with E-state index in [-0.39, 0.29) is 5.56 Å². The summed E-state index contributed by atoms with van der Waals surface area (Å²) in [6.45, 7) is 5.93. The van der Waals surface area contributed by atoms with Crippen molar-refractivity contribution in [1.82, 2.24) is 19.5 Å². The molecule has 0 amide bonds. The number of piperidine rings is 1. The maximum absolute atomic E-state index is 12.8. The average molecular weight is 367 g/mol. The second kappa shape index (κ2) is 6.64. The van der Waals surface area contributed by atoms with Gasteiger partial charge in [-0.1, -0.05) is 37.3 Å². The van der Waals surface area contributed by atoms with E-state index in [1.807, 2.05) is 41.8 Å². The Morgan fingerprint density at radius 1 is 1.15 bits per heavy atom. The van der Waals surface area contributed by atoms with Crippen LogP contribution < -0.4 is 10.5 Å². The third-order valence-corrected chi connectivity index (χ3v) is 5.38. The van der Waals surface area contributed by atoms with Crippen molar-refractivity contribution in [2.45, 2.75) is 26.7 Å². The molecule has 0 aliphatic carbocycles. The van der Waals surface area contributed by atoms with Gasteiger partial charge in [0.05, 0.1) is 0 Å². The summed E-state index contributed by atoms with van der Waals surface area (Å²) in [7, 11) is 0. The van der Waals surface area contributed by atoms with Gasteiger partial charge >= 0.3 is 0 Å². The molecular formula is C19H21N5OS. The molecule has 2 aromatic heterocycles. The van der Waals surface area contributed by atoms with Crippen molar-refractivity contribution in [2.24, 2.45) is 5.92 Å². The second-order valence-electron chi connectivity index (χ2n) is 6.89. The number of benzene rings is 1. The summed E-state index contributed by atoms with van der Waals surface area (Å²) in [5.74, 6) is 2.01. The fraction of sp³-hybridized carbons (Fsp3) is 0.368. The van der Waals surface area contributed by atoms with Gasteiger partial charge in [-0.3, -0.25) is 14.3 Å². The van der Waals surface area contributed by atoms with Gasteiger partial charge in [-0.2, -0.15) is 4.98 Å². The van der Waals surface area contributed by atoms with E-state index in [2.05, 4.69) is 26.8 Å². The maximum Gasteiger partial charge on any atom is 0.264 e. The Morgan fingerprint density at radius 2 is 1.85 bits per heavy atom. The molecule has 3 aromatic rings. The van der Waals surface area contributed by atoms with Crippen molar-refractivity contribution in [3.05, 3.63) is 51.2 Å². The molecule has 3 heterocycles. The first-order valence-corrected chi connectivity index (χ1v) is 9.29. The minimum Gasteiger partial charge on any atom is -0.342 e. The molecule has 0 radical (unpaired) electrons. The topological polar surface area (TPSA) is 66.8 Å². The Labute approximate surface area is 156 Å². The van der Waals surface area contributed by atoms with Crippen LogP contribution in [0.3, 0.4) is 0 Å². The number of anilines is 1. The number of fused-ring (bicyclic) bond motifs is 1. The molecule has 0 spiro atoms. The van der Waals surface area contributed by atoms with Crippen LogP contribution in [0.25, 0.3) is 16.7 Å². The molecule has 0 unspecified atom stereocenters. The summed E-state index contributed by atoms with van der Waals surface area (Å²) in [6, 6.07) is 9.70. The Morgan fingerprint density at radius 3 is 2.54 bits per heavy atom. The van der Waals surface area contributed by atoms with E-state index < -0.39 is 0 Å². The molecule has 0 atom stereocenters. The van der Waals surface area contributed by atoms with Crippen LogP contribution in [0, 0.1) is 17.5 Å². The quantitative estimate of drug-likeness (QED) is 0.703. The molecule has 0 saturated carbocycles. The fourth-order valence-corrected chi connectivity index (χ4v) is 3.86. The van der Waals surface area contributed by atoms with E-state index in [1.54, 1.807) is 0 Å². The van der Waals surface area contributed by atoms with Crippen LogP contribution >= 0.6 is 12.2 Å². The Balaban J connectivity index is 1.87. The molecule has 4 rings (SSSR count). The predicted octanol–water partition coefficient (Wildman–Crippen LogP) is 3.38. The van der Waals surface area contributed by atoms with E-state index in [4.69, 9.17) is 12.2 Å². The smallest absolute Gasteiger partial charge is 0.264 e. The molecule has 6 nitrogen and oxygen atoms in total. The first kappa shape index (κ1) is 16.9. The SMILES string of the molecule is Cc1nc2nc(N3CCC(C)CC3)[nH]c(=O)c2c(=S)n1-c1ccccc1. The lowest BCUT2D eigenvalue weighted by Crippen LogP contribution is -2.35. The Bertz CT molecular complexity index is 1060. The lowest BCUT2D eigenvalue weighted by atomic mass is 10.00. The summed E-state index contributed by atoms with van der Waals surface area (Å²) in [5.41, 5.74) is 1.07. The van der Waals surface area contributed by atoms with Gasteiger partial charge in [-0.25, -0.2) is 4.98 Å². The van der Waals surface area contributed by atoms with E-state index in [0.717, 1.165) is 31.6 Å². The highest BCUT2D eigenvalue weighted by molar-refractivity contribution is 7.71. The Hall–Kier alpha value is -2.54. The molecular weight excluding hydrogens is 346 g/mol. The van der Waals surface area contributed by atoms with Crippen LogP contribution in [-0.4, -0.2) is 32.6 Å². The van der Waals surface area contributed by atoms with E-state index in [1.165, 1.54) is 0 Å². The fourth-order valence-electron chi connectivity index (χ4n) is 3.44. The summed E-state index contributed by atoms with van der Waals surface area (Å²) in [4.78, 5) is 27.0. The zero-order chi connectivity index (χ0) is 18.3. The summed E-state index contributed by atoms with van der Waals surface area (Å²) >= 11 is 5.62. The summed E-state index contributed by atoms with van der Waals surface area (Å²) in [5, 5.41) is 0.364. The molecule has 1 aliphatic heterocycles. The van der Waals surface area contributed by atoms with Gasteiger partial charge < -0.3 is 4.90 Å². The van der Waals surface area contributed by atoms with Gasteiger partial charge in [-0.15, -0.1) is 0 Å². The average Bonchev–Trinajstić information content (AvgIpc) is 2.62. The van der Waals surface area contributed by atoms with Crippen LogP contribution in [0.4, 0.5) is 5.95 Å². The first-order chi connectivity index (χ1) is 12.5. The van der Waals surface area contributed by atoms with Crippen LogP contribution in [0.15, 0.2) is 35.1 Å². The number of nitrogens with one attached hydrogen (secondary N) is 1. The highest BCUT2D eigenvalue weighted by Crippen LogP contribution is 2.21. The third kappa shape index (κ3) is 2.92. The highest BCUT2D eigenvalue weighted by Gasteiger charge is 2.20. The summed E-state index contributed by atoms with van der Waals surface area (Å²) in [6.07, 6.45) is 2.20. The number of para-hydroxylation sites is 1. The van der Waals surface area contributed by atoms with Crippen molar-refractivity contribution >= 4 is 29.2 Å². The van der Waals surface area contributed by atoms with E-state index in [9.17, 15) is 4.79 Å². The van der Waals surface area contributed by atoms with Crippen molar-refractivity contribution in [3.63, 3.8) is 0 Å². The molecule has 134 valence electrons.